The lowest BCUT2D eigenvalue weighted by Gasteiger charge is -2.29. The van der Waals surface area contributed by atoms with Crippen LogP contribution in [0.3, 0.4) is 0 Å². The molecular weight excluding hydrogens is 296 g/mol. The van der Waals surface area contributed by atoms with Crippen molar-refractivity contribution in [3.63, 3.8) is 0 Å². The Morgan fingerprint density at radius 3 is 2.43 bits per heavy atom. The minimum absolute atomic E-state index is 0.0714. The van der Waals surface area contributed by atoms with Crippen LogP contribution in [-0.2, 0) is 21.5 Å². The number of nitrogens with zero attached hydrogens (tertiary/aromatic N) is 2. The fourth-order valence-electron chi connectivity index (χ4n) is 1.80. The minimum Gasteiger partial charge on any atom is -0.481 e. The monoisotopic (exact) mass is 318 g/mol. The van der Waals surface area contributed by atoms with E-state index in [1.807, 2.05) is 0 Å². The van der Waals surface area contributed by atoms with Crippen molar-refractivity contribution in [2.24, 2.45) is 0 Å². The van der Waals surface area contributed by atoms with Crippen molar-refractivity contribution < 1.29 is 22.7 Å². The molecule has 0 radical (unpaired) electrons. The van der Waals surface area contributed by atoms with E-state index in [1.54, 1.807) is 32.9 Å². The summed E-state index contributed by atoms with van der Waals surface area (Å²) in [5.74, 6) is 0.233. The molecule has 0 aliphatic rings. The quantitative estimate of drug-likeness (QED) is 0.783. The number of aliphatic carboxylic acids is 1. The van der Waals surface area contributed by atoms with E-state index >= 15 is 0 Å². The van der Waals surface area contributed by atoms with Gasteiger partial charge in [-0.25, -0.2) is 0 Å². The van der Waals surface area contributed by atoms with Crippen LogP contribution in [0.5, 0.6) is 0 Å². The first-order valence-corrected chi connectivity index (χ1v) is 8.04. The van der Waals surface area contributed by atoms with E-state index in [4.69, 9.17) is 9.52 Å². The molecule has 7 nitrogen and oxygen atoms in total. The molecule has 0 spiro atoms. The summed E-state index contributed by atoms with van der Waals surface area (Å²) < 4.78 is 32.8. The van der Waals surface area contributed by atoms with Gasteiger partial charge in [0.15, 0.2) is 0 Å². The van der Waals surface area contributed by atoms with Crippen molar-refractivity contribution in [1.82, 2.24) is 8.61 Å². The van der Waals surface area contributed by atoms with Crippen LogP contribution in [0.15, 0.2) is 16.5 Å². The van der Waals surface area contributed by atoms with Gasteiger partial charge in [0.05, 0.1) is 13.0 Å². The molecule has 1 aromatic rings. The summed E-state index contributed by atoms with van der Waals surface area (Å²) in [5.41, 5.74) is 0. The number of furan rings is 1. The molecular formula is C13H22N2O5S. The summed E-state index contributed by atoms with van der Waals surface area (Å²) in [5, 5.41) is 8.66. The first-order valence-electron chi connectivity index (χ1n) is 6.64. The summed E-state index contributed by atoms with van der Waals surface area (Å²) >= 11 is 0. The van der Waals surface area contributed by atoms with E-state index in [0.29, 0.717) is 11.5 Å². The SMILES string of the molecule is Cc1ccc(CN(C(C)C)S(=O)(=O)N(C)CCC(=O)O)o1. The third-order valence-corrected chi connectivity index (χ3v) is 5.13. The van der Waals surface area contributed by atoms with Crippen molar-refractivity contribution in [3.8, 4) is 0 Å². The second kappa shape index (κ2) is 7.06. The van der Waals surface area contributed by atoms with Crippen LogP contribution in [0.2, 0.25) is 0 Å². The zero-order chi connectivity index (χ0) is 16.2. The molecule has 8 heteroatoms. The van der Waals surface area contributed by atoms with E-state index in [9.17, 15) is 13.2 Å². The largest absolute Gasteiger partial charge is 0.481 e. The van der Waals surface area contributed by atoms with Gasteiger partial charge in [0.25, 0.3) is 10.2 Å². The predicted octanol–water partition coefficient (Wildman–Crippen LogP) is 1.45. The Bertz CT molecular complexity index is 579. The molecule has 0 aliphatic carbocycles. The van der Waals surface area contributed by atoms with Gasteiger partial charge in [-0.1, -0.05) is 0 Å². The maximum atomic E-state index is 12.5. The molecule has 120 valence electrons. The standard InChI is InChI=1S/C13H22N2O5S/c1-10(2)15(9-12-6-5-11(3)20-12)21(18,19)14(4)8-7-13(16)17/h5-6,10H,7-9H2,1-4H3,(H,16,17). The van der Waals surface area contributed by atoms with Crippen molar-refractivity contribution in [1.29, 1.82) is 0 Å². The first-order chi connectivity index (χ1) is 9.64. The Morgan fingerprint density at radius 2 is 2.00 bits per heavy atom. The van der Waals surface area contributed by atoms with Gasteiger partial charge >= 0.3 is 5.97 Å². The van der Waals surface area contributed by atoms with Crippen LogP contribution in [0, 0.1) is 6.92 Å². The molecule has 0 bridgehead atoms. The van der Waals surface area contributed by atoms with Gasteiger partial charge in [0.1, 0.15) is 11.5 Å². The number of hydrogen-bond donors (Lipinski definition) is 1. The van der Waals surface area contributed by atoms with Crippen LogP contribution < -0.4 is 0 Å². The molecule has 0 unspecified atom stereocenters. The van der Waals surface area contributed by atoms with Crippen molar-refractivity contribution in [3.05, 3.63) is 23.7 Å². The second-order valence-electron chi connectivity index (χ2n) is 5.12. The first kappa shape index (κ1) is 17.7. The van der Waals surface area contributed by atoms with Gasteiger partial charge in [0.2, 0.25) is 0 Å². The number of hydrogen-bond acceptors (Lipinski definition) is 4. The zero-order valence-corrected chi connectivity index (χ0v) is 13.6. The molecule has 0 atom stereocenters. The topological polar surface area (TPSA) is 91.1 Å². The lowest BCUT2D eigenvalue weighted by molar-refractivity contribution is -0.137. The Balaban J connectivity index is 2.89. The van der Waals surface area contributed by atoms with Gasteiger partial charge in [-0.15, -0.1) is 0 Å². The number of carbonyl (C=O) groups is 1. The fraction of sp³-hybridized carbons (Fsp3) is 0.615. The summed E-state index contributed by atoms with van der Waals surface area (Å²) in [7, 11) is -2.37. The van der Waals surface area contributed by atoms with Crippen molar-refractivity contribution in [2.75, 3.05) is 13.6 Å². The third kappa shape index (κ3) is 4.83. The van der Waals surface area contributed by atoms with Gasteiger partial charge in [-0.05, 0) is 32.9 Å². The minimum atomic E-state index is -3.74. The van der Waals surface area contributed by atoms with Gasteiger partial charge in [-0.3, -0.25) is 4.79 Å². The van der Waals surface area contributed by atoms with Crippen molar-refractivity contribution >= 4 is 16.2 Å². The second-order valence-corrected chi connectivity index (χ2v) is 7.11. The van der Waals surface area contributed by atoms with Crippen LogP contribution in [0.4, 0.5) is 0 Å². The lowest BCUT2D eigenvalue weighted by Crippen LogP contribution is -2.45. The molecule has 1 N–H and O–H groups in total. The van der Waals surface area contributed by atoms with Gasteiger partial charge in [-0.2, -0.15) is 17.0 Å². The molecule has 1 rings (SSSR count). The highest BCUT2D eigenvalue weighted by Gasteiger charge is 2.30. The molecule has 1 aromatic heterocycles. The highest BCUT2D eigenvalue weighted by Crippen LogP contribution is 2.17. The Hall–Kier alpha value is -1.38. The average molecular weight is 318 g/mol. The van der Waals surface area contributed by atoms with E-state index in [0.717, 1.165) is 4.31 Å². The highest BCUT2D eigenvalue weighted by molar-refractivity contribution is 7.86. The molecule has 1 heterocycles. The normalized spacial score (nSPS) is 12.5. The summed E-state index contributed by atoms with van der Waals surface area (Å²) in [6, 6.07) is 3.24. The number of carboxylic acids is 1. The highest BCUT2D eigenvalue weighted by atomic mass is 32.2. The molecule has 0 saturated carbocycles. The third-order valence-electron chi connectivity index (χ3n) is 3.01. The average Bonchev–Trinajstić information content (AvgIpc) is 2.78. The summed E-state index contributed by atoms with van der Waals surface area (Å²) in [4.78, 5) is 10.6. The van der Waals surface area contributed by atoms with Crippen LogP contribution in [0.25, 0.3) is 0 Å². The summed E-state index contributed by atoms with van der Waals surface area (Å²) in [6.07, 6.45) is -0.235. The number of carboxylic acid groups (broad SMARTS) is 1. The van der Waals surface area contributed by atoms with Gasteiger partial charge in [0, 0.05) is 19.6 Å². The lowest BCUT2D eigenvalue weighted by atomic mass is 10.3. The van der Waals surface area contributed by atoms with Crippen molar-refractivity contribution in [2.45, 2.75) is 39.8 Å². The Morgan fingerprint density at radius 1 is 1.38 bits per heavy atom. The van der Waals surface area contributed by atoms with Crippen LogP contribution >= 0.6 is 0 Å². The fourth-order valence-corrected chi connectivity index (χ4v) is 3.31. The smallest absolute Gasteiger partial charge is 0.304 e. The van der Waals surface area contributed by atoms with E-state index in [2.05, 4.69) is 0 Å². The molecule has 0 aliphatic heterocycles. The molecule has 0 fully saturated rings. The van der Waals surface area contributed by atoms with E-state index in [-0.39, 0.29) is 25.6 Å². The van der Waals surface area contributed by atoms with Crippen LogP contribution in [-0.4, -0.2) is 47.7 Å². The number of rotatable bonds is 8. The maximum absolute atomic E-state index is 12.5. The summed E-state index contributed by atoms with van der Waals surface area (Å²) in [6.45, 7) is 5.36. The van der Waals surface area contributed by atoms with Crippen LogP contribution in [0.1, 0.15) is 31.8 Å². The number of aryl methyl sites for hydroxylation is 1. The molecule has 0 amide bonds. The molecule has 0 aromatic carbocycles. The predicted molar refractivity (Wildman–Crippen MR) is 77.9 cm³/mol. The Labute approximate surface area is 125 Å². The van der Waals surface area contributed by atoms with E-state index < -0.39 is 16.2 Å². The zero-order valence-electron chi connectivity index (χ0n) is 12.7. The molecule has 21 heavy (non-hydrogen) atoms. The van der Waals surface area contributed by atoms with E-state index in [1.165, 1.54) is 11.4 Å². The maximum Gasteiger partial charge on any atom is 0.304 e. The Kier molecular flexibility index (Phi) is 5.94. The van der Waals surface area contributed by atoms with Gasteiger partial charge < -0.3 is 9.52 Å². The molecule has 0 saturated heterocycles.